The summed E-state index contributed by atoms with van der Waals surface area (Å²) >= 11 is 0. The van der Waals surface area contributed by atoms with Crippen molar-refractivity contribution < 1.29 is 77.1 Å². The summed E-state index contributed by atoms with van der Waals surface area (Å²) in [7, 11) is 0. The van der Waals surface area contributed by atoms with Crippen molar-refractivity contribution in [2.24, 2.45) is 23.3 Å². The van der Waals surface area contributed by atoms with Crippen LogP contribution in [-0.2, 0) is 23.8 Å². The van der Waals surface area contributed by atoms with E-state index in [0.29, 0.717) is 6.42 Å². The zero-order valence-electron chi connectivity index (χ0n) is 25.1. The Morgan fingerprint density at radius 3 is 1.60 bits per heavy atom. The van der Waals surface area contributed by atoms with E-state index in [0.717, 1.165) is 19.3 Å². The van der Waals surface area contributed by atoms with Crippen molar-refractivity contribution in [2.45, 2.75) is 119 Å². The maximum atomic E-state index is 14.9. The molecule has 10 unspecified atom stereocenters. The van der Waals surface area contributed by atoms with Crippen LogP contribution in [-0.4, -0.2) is 140 Å². The zero-order valence-corrected chi connectivity index (χ0v) is 25.9. The molecule has 0 aromatic heterocycles. The van der Waals surface area contributed by atoms with E-state index in [-0.39, 0.29) is 19.0 Å². The Morgan fingerprint density at radius 1 is 0.822 bits per heavy atom. The topological polar surface area (TPSA) is 255 Å². The first-order valence-electron chi connectivity index (χ1n) is 14.2. The molecular weight excluding hydrogens is 644 g/mol. The molecule has 14 atom stereocenters. The summed E-state index contributed by atoms with van der Waals surface area (Å²) in [6, 6.07) is -3.00. The SMILES string of the molecule is CC1C(N)C(F)C(F)(C(=O)O)OC1[C@H](O)[C@H](O)CO.CCCCCCOC(=O)C1(F)OC([C@H](O)[C@H](O)CO)C(C)C(N)C1F.Cl. The molecule has 45 heavy (non-hydrogen) atoms. The van der Waals surface area contributed by atoms with Crippen molar-refractivity contribution in [3.8, 4) is 0 Å². The fourth-order valence-corrected chi connectivity index (χ4v) is 4.74. The lowest BCUT2D eigenvalue weighted by molar-refractivity contribution is -0.285. The van der Waals surface area contributed by atoms with E-state index in [4.69, 9.17) is 36.3 Å². The van der Waals surface area contributed by atoms with E-state index >= 15 is 0 Å². The van der Waals surface area contributed by atoms with Crippen LogP contribution < -0.4 is 11.5 Å². The lowest BCUT2D eigenvalue weighted by atomic mass is 9.82. The molecule has 268 valence electrons. The fraction of sp³-hybridized carbons (Fsp3) is 0.923. The van der Waals surface area contributed by atoms with Crippen molar-refractivity contribution in [3.63, 3.8) is 0 Å². The molecule has 0 bridgehead atoms. The van der Waals surface area contributed by atoms with Crippen LogP contribution in [0.3, 0.4) is 0 Å². The number of carbonyl (C=O) groups is 2. The van der Waals surface area contributed by atoms with Gasteiger partial charge in [-0.2, -0.15) is 8.78 Å². The second-order valence-electron chi connectivity index (χ2n) is 11.1. The average molecular weight is 691 g/mol. The second kappa shape index (κ2) is 18.8. The van der Waals surface area contributed by atoms with Crippen molar-refractivity contribution in [1.29, 1.82) is 0 Å². The number of aliphatic carboxylic acids is 1. The number of rotatable bonds is 13. The largest absolute Gasteiger partial charge is 0.477 e. The minimum Gasteiger partial charge on any atom is -0.477 e. The van der Waals surface area contributed by atoms with Crippen molar-refractivity contribution >= 4 is 24.3 Å². The van der Waals surface area contributed by atoms with Crippen LogP contribution in [0.4, 0.5) is 17.6 Å². The number of carboxylic acid groups (broad SMARTS) is 1. The summed E-state index contributed by atoms with van der Waals surface area (Å²) < 4.78 is 71.0. The number of unbranched alkanes of at least 4 members (excludes halogenated alkanes) is 3. The number of esters is 1. The monoisotopic (exact) mass is 690 g/mol. The van der Waals surface area contributed by atoms with Gasteiger partial charge in [0.15, 0.2) is 12.3 Å². The first-order valence-corrected chi connectivity index (χ1v) is 14.2. The van der Waals surface area contributed by atoms with Gasteiger partial charge in [-0.25, -0.2) is 18.4 Å². The number of aliphatic hydroxyl groups is 6. The fourth-order valence-electron chi connectivity index (χ4n) is 4.74. The molecule has 0 spiro atoms. The molecule has 2 aliphatic rings. The van der Waals surface area contributed by atoms with Crippen LogP contribution >= 0.6 is 12.4 Å². The summed E-state index contributed by atoms with van der Waals surface area (Å²) in [4.78, 5) is 22.8. The molecular formula is C26H47ClF4N2O12. The molecule has 2 rings (SSSR count). The van der Waals surface area contributed by atoms with Gasteiger partial charge < -0.3 is 61.4 Å². The van der Waals surface area contributed by atoms with Crippen LogP contribution in [0.5, 0.6) is 0 Å². The molecule has 2 aliphatic heterocycles. The molecule has 0 amide bonds. The quantitative estimate of drug-likeness (QED) is 0.0623. The molecule has 19 heteroatoms. The predicted octanol–water partition coefficient (Wildman–Crippen LogP) is -1.24. The molecule has 2 fully saturated rings. The molecule has 0 aliphatic carbocycles. The number of ether oxygens (including phenoxy) is 3. The normalized spacial score (nSPS) is 37.6. The van der Waals surface area contributed by atoms with E-state index in [9.17, 15) is 47.6 Å². The summed E-state index contributed by atoms with van der Waals surface area (Å²) in [5, 5.41) is 64.7. The third-order valence-corrected chi connectivity index (χ3v) is 7.89. The number of halogens is 5. The molecule has 2 saturated heterocycles. The Labute approximate surface area is 264 Å². The number of aliphatic hydroxyl groups excluding tert-OH is 6. The van der Waals surface area contributed by atoms with Gasteiger partial charge in [-0.05, 0) is 6.42 Å². The highest BCUT2D eigenvalue weighted by molar-refractivity contribution is 5.85. The number of hydrogen-bond donors (Lipinski definition) is 9. The summed E-state index contributed by atoms with van der Waals surface area (Å²) in [6.07, 6.45) is -11.8. The molecule has 0 aromatic carbocycles. The van der Waals surface area contributed by atoms with Crippen molar-refractivity contribution in [1.82, 2.24) is 0 Å². The number of carboxylic acids is 1. The Hall–Kier alpha value is -1.45. The lowest BCUT2D eigenvalue weighted by Gasteiger charge is -2.45. The van der Waals surface area contributed by atoms with Gasteiger partial charge >= 0.3 is 23.6 Å². The highest BCUT2D eigenvalue weighted by Crippen LogP contribution is 2.39. The minimum absolute atomic E-state index is 0. The smallest absolute Gasteiger partial charge is 0.375 e. The van der Waals surface area contributed by atoms with Gasteiger partial charge in [-0.1, -0.05) is 40.0 Å². The van der Waals surface area contributed by atoms with Crippen LogP contribution in [0, 0.1) is 11.8 Å². The summed E-state index contributed by atoms with van der Waals surface area (Å²) in [5.41, 5.74) is 11.0. The van der Waals surface area contributed by atoms with E-state index in [2.05, 4.69) is 4.74 Å². The van der Waals surface area contributed by atoms with E-state index < -0.39 is 110 Å². The maximum Gasteiger partial charge on any atom is 0.375 e. The van der Waals surface area contributed by atoms with Gasteiger partial charge in [0.1, 0.15) is 24.4 Å². The molecule has 14 nitrogen and oxygen atoms in total. The average Bonchev–Trinajstić information content (AvgIpc) is 3.00. The second-order valence-corrected chi connectivity index (χ2v) is 11.1. The first-order chi connectivity index (χ1) is 20.4. The third-order valence-electron chi connectivity index (χ3n) is 7.89. The lowest BCUT2D eigenvalue weighted by Crippen LogP contribution is -2.67. The van der Waals surface area contributed by atoms with Gasteiger partial charge in [-0.3, -0.25) is 0 Å². The number of nitrogens with two attached hydrogens (primary N) is 2. The Morgan fingerprint density at radius 2 is 1.22 bits per heavy atom. The Balaban J connectivity index is 0.000000872. The summed E-state index contributed by atoms with van der Waals surface area (Å²) in [6.45, 7) is 2.96. The Kier molecular flexibility index (Phi) is 18.2. The van der Waals surface area contributed by atoms with Crippen molar-refractivity contribution in [2.75, 3.05) is 19.8 Å². The van der Waals surface area contributed by atoms with Crippen LogP contribution in [0.25, 0.3) is 0 Å². The third kappa shape index (κ3) is 10.0. The summed E-state index contributed by atoms with van der Waals surface area (Å²) in [5.74, 6) is -12.8. The van der Waals surface area contributed by atoms with Gasteiger partial charge in [-0.15, -0.1) is 12.4 Å². The van der Waals surface area contributed by atoms with Crippen LogP contribution in [0.2, 0.25) is 0 Å². The first kappa shape index (κ1) is 43.5. The highest BCUT2D eigenvalue weighted by Gasteiger charge is 2.62. The zero-order chi connectivity index (χ0) is 34.2. The highest BCUT2D eigenvalue weighted by atomic mass is 35.5. The Bertz CT molecular complexity index is 914. The standard InChI is InChI=1S/C16H29F2NO6.C10H17F2NO6.ClH/c1-3-4-5-6-7-24-15(23)16(18)14(17)11(19)9(2)13(25-16)12(22)10(21)8-20;1-3-5(13)8(11)10(12,9(17)18)19-7(3)6(16)4(15)2-14;/h9-14,20-22H,3-8,19H2,1-2H3;3-8,14-16H,2,13H2,1H3,(H,17,18);1H/t9?,10-,11?,12-,13?,14?,16?;3?,4-,5?,6-,7?,8?,10?;/m11./s1. The molecule has 0 aromatic rings. The number of hydrogen-bond acceptors (Lipinski definition) is 13. The molecule has 0 radical (unpaired) electrons. The molecule has 2 heterocycles. The van der Waals surface area contributed by atoms with E-state index in [1.165, 1.54) is 13.8 Å². The van der Waals surface area contributed by atoms with Crippen LogP contribution in [0.15, 0.2) is 0 Å². The van der Waals surface area contributed by atoms with Gasteiger partial charge in [0, 0.05) is 23.9 Å². The van der Waals surface area contributed by atoms with E-state index in [1.54, 1.807) is 0 Å². The minimum atomic E-state index is -3.70. The van der Waals surface area contributed by atoms with Gasteiger partial charge in [0.2, 0.25) is 0 Å². The maximum absolute atomic E-state index is 14.9. The number of alkyl halides is 4. The van der Waals surface area contributed by atoms with Crippen molar-refractivity contribution in [3.05, 3.63) is 0 Å². The van der Waals surface area contributed by atoms with E-state index in [1.807, 2.05) is 6.92 Å². The number of carbonyl (C=O) groups excluding carboxylic acids is 1. The predicted molar refractivity (Wildman–Crippen MR) is 150 cm³/mol. The molecule has 11 N–H and O–H groups in total. The molecule has 0 saturated carbocycles. The van der Waals surface area contributed by atoms with Crippen LogP contribution in [0.1, 0.15) is 46.5 Å². The van der Waals surface area contributed by atoms with Gasteiger partial charge in [0.05, 0.1) is 32.0 Å². The van der Waals surface area contributed by atoms with Gasteiger partial charge in [0.25, 0.3) is 0 Å².